The Kier molecular flexibility index (Phi) is 4.10. The topological polar surface area (TPSA) is 71.3 Å². The first-order valence-corrected chi connectivity index (χ1v) is 6.89. The molecule has 110 valence electrons. The highest BCUT2D eigenvalue weighted by Crippen LogP contribution is 2.06. The van der Waals surface area contributed by atoms with E-state index in [4.69, 9.17) is 0 Å². The van der Waals surface area contributed by atoms with Crippen LogP contribution >= 0.6 is 0 Å². The molecule has 3 rings (SSSR count). The third-order valence-electron chi connectivity index (χ3n) is 3.03. The summed E-state index contributed by atoms with van der Waals surface area (Å²) in [6.07, 6.45) is 5.63. The van der Waals surface area contributed by atoms with Gasteiger partial charge in [0.2, 0.25) is 5.95 Å². The van der Waals surface area contributed by atoms with E-state index in [1.54, 1.807) is 10.6 Å². The van der Waals surface area contributed by atoms with Crippen molar-refractivity contribution in [2.45, 2.75) is 0 Å². The number of carbonyl (C=O) groups excluding carboxylic acids is 1. The van der Waals surface area contributed by atoms with E-state index in [0.29, 0.717) is 18.1 Å². The zero-order valence-electron chi connectivity index (χ0n) is 11.8. The number of fused-ring (bicyclic) bond motifs is 1. The SMILES string of the molecule is O=C(NC/C=C/c1ccccc1)Nc1nnc2ccccn12. The van der Waals surface area contributed by atoms with Crippen molar-refractivity contribution in [3.63, 3.8) is 0 Å². The largest absolute Gasteiger partial charge is 0.334 e. The van der Waals surface area contributed by atoms with Crippen molar-refractivity contribution in [3.05, 3.63) is 66.4 Å². The monoisotopic (exact) mass is 293 g/mol. The molecule has 0 spiro atoms. The van der Waals surface area contributed by atoms with E-state index >= 15 is 0 Å². The van der Waals surface area contributed by atoms with E-state index in [2.05, 4.69) is 20.8 Å². The number of benzene rings is 1. The number of aromatic nitrogens is 3. The molecule has 2 aromatic heterocycles. The van der Waals surface area contributed by atoms with Gasteiger partial charge in [-0.1, -0.05) is 48.6 Å². The average molecular weight is 293 g/mol. The first kappa shape index (κ1) is 13.8. The molecular weight excluding hydrogens is 278 g/mol. The number of amides is 2. The maximum absolute atomic E-state index is 11.8. The van der Waals surface area contributed by atoms with Gasteiger partial charge in [-0.3, -0.25) is 9.72 Å². The highest BCUT2D eigenvalue weighted by Gasteiger charge is 2.07. The summed E-state index contributed by atoms with van der Waals surface area (Å²) in [5, 5.41) is 13.3. The number of nitrogens with one attached hydrogen (secondary N) is 2. The first-order valence-electron chi connectivity index (χ1n) is 6.89. The zero-order valence-corrected chi connectivity index (χ0v) is 11.8. The Morgan fingerprint density at radius 2 is 1.91 bits per heavy atom. The molecule has 3 aromatic rings. The fourth-order valence-electron chi connectivity index (χ4n) is 1.98. The minimum Gasteiger partial charge on any atom is -0.334 e. The third kappa shape index (κ3) is 3.29. The molecule has 0 atom stereocenters. The molecule has 6 nitrogen and oxygen atoms in total. The number of nitrogens with zero attached hydrogens (tertiary/aromatic N) is 3. The van der Waals surface area contributed by atoms with Gasteiger partial charge in [0.05, 0.1) is 0 Å². The van der Waals surface area contributed by atoms with Gasteiger partial charge in [-0.25, -0.2) is 4.79 Å². The highest BCUT2D eigenvalue weighted by atomic mass is 16.2. The molecule has 0 fully saturated rings. The Hall–Kier alpha value is -3.15. The van der Waals surface area contributed by atoms with Crippen LogP contribution in [-0.2, 0) is 0 Å². The summed E-state index contributed by atoms with van der Waals surface area (Å²) in [6, 6.07) is 15.1. The number of carbonyl (C=O) groups is 1. The van der Waals surface area contributed by atoms with Crippen LogP contribution in [0.2, 0.25) is 0 Å². The van der Waals surface area contributed by atoms with E-state index in [0.717, 1.165) is 5.56 Å². The summed E-state index contributed by atoms with van der Waals surface area (Å²) >= 11 is 0. The number of rotatable bonds is 4. The minimum atomic E-state index is -0.323. The Bertz CT molecular complexity index is 794. The molecule has 1 aromatic carbocycles. The first-order chi connectivity index (χ1) is 10.8. The second kappa shape index (κ2) is 6.53. The maximum Gasteiger partial charge on any atom is 0.321 e. The Morgan fingerprint density at radius 3 is 2.77 bits per heavy atom. The van der Waals surface area contributed by atoms with Gasteiger partial charge in [0, 0.05) is 12.7 Å². The molecule has 0 radical (unpaired) electrons. The Balaban J connectivity index is 1.54. The van der Waals surface area contributed by atoms with Crippen LogP contribution in [0, 0.1) is 0 Å². The molecule has 22 heavy (non-hydrogen) atoms. The average Bonchev–Trinajstić information content (AvgIpc) is 2.96. The summed E-state index contributed by atoms with van der Waals surface area (Å²) in [5.74, 6) is 0.389. The molecule has 0 saturated heterocycles. The van der Waals surface area contributed by atoms with E-state index < -0.39 is 0 Å². The van der Waals surface area contributed by atoms with Crippen molar-refractivity contribution in [1.82, 2.24) is 19.9 Å². The summed E-state index contributed by atoms with van der Waals surface area (Å²) in [4.78, 5) is 11.8. The number of pyridine rings is 1. The van der Waals surface area contributed by atoms with Crippen molar-refractivity contribution in [3.8, 4) is 0 Å². The van der Waals surface area contributed by atoms with E-state index in [1.807, 2.05) is 60.7 Å². The quantitative estimate of drug-likeness (QED) is 0.776. The van der Waals surface area contributed by atoms with Crippen LogP contribution in [0.3, 0.4) is 0 Å². The van der Waals surface area contributed by atoms with Crippen molar-refractivity contribution < 1.29 is 4.79 Å². The molecule has 6 heteroatoms. The summed E-state index contributed by atoms with van der Waals surface area (Å²) in [6.45, 7) is 0.428. The Morgan fingerprint density at radius 1 is 1.09 bits per heavy atom. The second-order valence-electron chi connectivity index (χ2n) is 4.60. The zero-order chi connectivity index (χ0) is 15.2. The van der Waals surface area contributed by atoms with Crippen LogP contribution < -0.4 is 10.6 Å². The smallest absolute Gasteiger partial charge is 0.321 e. The van der Waals surface area contributed by atoms with Crippen molar-refractivity contribution >= 4 is 23.7 Å². The third-order valence-corrected chi connectivity index (χ3v) is 3.03. The lowest BCUT2D eigenvalue weighted by molar-refractivity contribution is 0.253. The van der Waals surface area contributed by atoms with Crippen LogP contribution in [0.5, 0.6) is 0 Å². The molecule has 0 bridgehead atoms. The predicted octanol–water partition coefficient (Wildman–Crippen LogP) is 2.56. The second-order valence-corrected chi connectivity index (χ2v) is 4.60. The fourth-order valence-corrected chi connectivity index (χ4v) is 1.98. The van der Waals surface area contributed by atoms with Gasteiger partial charge in [-0.2, -0.15) is 0 Å². The van der Waals surface area contributed by atoms with Crippen molar-refractivity contribution in [2.24, 2.45) is 0 Å². The maximum atomic E-state index is 11.8. The molecule has 0 aliphatic rings. The lowest BCUT2D eigenvalue weighted by atomic mass is 10.2. The van der Waals surface area contributed by atoms with E-state index in [1.165, 1.54) is 0 Å². The Labute approximate surface area is 127 Å². The molecule has 0 saturated carbocycles. The molecule has 2 amide bonds. The van der Waals surface area contributed by atoms with Crippen LogP contribution in [0.25, 0.3) is 11.7 Å². The lowest BCUT2D eigenvalue weighted by Crippen LogP contribution is -2.29. The van der Waals surface area contributed by atoms with Crippen molar-refractivity contribution in [2.75, 3.05) is 11.9 Å². The molecule has 2 heterocycles. The normalized spacial score (nSPS) is 10.9. The van der Waals surface area contributed by atoms with Crippen LogP contribution in [-0.4, -0.2) is 27.2 Å². The van der Waals surface area contributed by atoms with Crippen LogP contribution in [0.4, 0.5) is 10.7 Å². The summed E-state index contributed by atoms with van der Waals surface area (Å²) < 4.78 is 1.71. The highest BCUT2D eigenvalue weighted by molar-refractivity contribution is 5.87. The molecule has 0 unspecified atom stereocenters. The summed E-state index contributed by atoms with van der Waals surface area (Å²) in [5.41, 5.74) is 1.77. The van der Waals surface area contributed by atoms with E-state index in [9.17, 15) is 4.79 Å². The van der Waals surface area contributed by atoms with Gasteiger partial charge in [0.1, 0.15) is 0 Å². The lowest BCUT2D eigenvalue weighted by Gasteiger charge is -2.03. The van der Waals surface area contributed by atoms with Crippen LogP contribution in [0.1, 0.15) is 5.56 Å². The molecule has 0 aliphatic heterocycles. The molecule has 2 N–H and O–H groups in total. The summed E-state index contributed by atoms with van der Waals surface area (Å²) in [7, 11) is 0. The number of anilines is 1. The number of hydrogen-bond acceptors (Lipinski definition) is 3. The molecule has 0 aliphatic carbocycles. The van der Waals surface area contributed by atoms with Gasteiger partial charge < -0.3 is 5.32 Å². The predicted molar refractivity (Wildman–Crippen MR) is 85.5 cm³/mol. The molecular formula is C16H15N5O. The number of urea groups is 1. The van der Waals surface area contributed by atoms with Gasteiger partial charge in [0.15, 0.2) is 5.65 Å². The van der Waals surface area contributed by atoms with Gasteiger partial charge >= 0.3 is 6.03 Å². The van der Waals surface area contributed by atoms with Gasteiger partial charge in [-0.05, 0) is 17.7 Å². The van der Waals surface area contributed by atoms with E-state index in [-0.39, 0.29) is 6.03 Å². The van der Waals surface area contributed by atoms with Gasteiger partial charge in [0.25, 0.3) is 0 Å². The van der Waals surface area contributed by atoms with Gasteiger partial charge in [-0.15, -0.1) is 10.2 Å². The van der Waals surface area contributed by atoms with Crippen LogP contribution in [0.15, 0.2) is 60.8 Å². The minimum absolute atomic E-state index is 0.323. The van der Waals surface area contributed by atoms with Crippen molar-refractivity contribution in [1.29, 1.82) is 0 Å². The number of hydrogen-bond donors (Lipinski definition) is 2. The fraction of sp³-hybridized carbons (Fsp3) is 0.0625. The standard InChI is InChI=1S/C16H15N5O/c22-16(17-11-6-9-13-7-2-1-3-8-13)18-15-20-19-14-10-4-5-12-21(14)15/h1-10,12H,11H2,(H2,17,18,20,22)/b9-6+.